The number of carbonyl (C=O) groups is 2. The number of hydrogen-bond donors (Lipinski definition) is 2. The highest BCUT2D eigenvalue weighted by Crippen LogP contribution is 2.22. The van der Waals surface area contributed by atoms with Crippen molar-refractivity contribution in [3.8, 4) is 0 Å². The molecule has 1 fully saturated rings. The normalized spacial score (nSPS) is 17.0. The summed E-state index contributed by atoms with van der Waals surface area (Å²) in [6, 6.07) is 14.9. The maximum absolute atomic E-state index is 12.2. The Morgan fingerprint density at radius 3 is 2.54 bits per heavy atom. The molecule has 0 spiro atoms. The maximum Gasteiger partial charge on any atom is 0.319 e. The summed E-state index contributed by atoms with van der Waals surface area (Å²) in [7, 11) is 0. The lowest BCUT2D eigenvalue weighted by Gasteiger charge is -2.17. The number of nitrogens with zero attached hydrogens (tertiary/aromatic N) is 1. The van der Waals surface area contributed by atoms with Crippen molar-refractivity contribution in [2.24, 2.45) is 0 Å². The Bertz CT molecular complexity index is 755. The molecular formula is C19H21N3O2. The fourth-order valence-electron chi connectivity index (χ4n) is 2.85. The van der Waals surface area contributed by atoms with Crippen molar-refractivity contribution in [1.29, 1.82) is 0 Å². The van der Waals surface area contributed by atoms with Crippen LogP contribution in [0, 0.1) is 13.8 Å². The van der Waals surface area contributed by atoms with Gasteiger partial charge >= 0.3 is 6.03 Å². The molecular weight excluding hydrogens is 302 g/mol. The fraction of sp³-hybridized carbons (Fsp3) is 0.263. The van der Waals surface area contributed by atoms with E-state index in [1.54, 1.807) is 4.90 Å². The molecule has 24 heavy (non-hydrogen) atoms. The minimum absolute atomic E-state index is 0.0275. The van der Waals surface area contributed by atoms with Gasteiger partial charge in [-0.3, -0.25) is 4.79 Å². The Kier molecular flexibility index (Phi) is 4.51. The van der Waals surface area contributed by atoms with Gasteiger partial charge in [0.1, 0.15) is 0 Å². The van der Waals surface area contributed by atoms with Gasteiger partial charge in [-0.2, -0.15) is 0 Å². The van der Waals surface area contributed by atoms with Crippen LogP contribution in [-0.2, 0) is 4.79 Å². The molecule has 1 heterocycles. The second-order valence-corrected chi connectivity index (χ2v) is 6.21. The van der Waals surface area contributed by atoms with Crippen LogP contribution in [0.2, 0.25) is 0 Å². The van der Waals surface area contributed by atoms with Crippen LogP contribution in [0.25, 0.3) is 0 Å². The molecule has 0 aromatic heterocycles. The number of amides is 3. The van der Waals surface area contributed by atoms with Crippen molar-refractivity contribution < 1.29 is 9.59 Å². The van der Waals surface area contributed by atoms with Crippen LogP contribution in [0.3, 0.4) is 0 Å². The van der Waals surface area contributed by atoms with E-state index in [1.165, 1.54) is 0 Å². The van der Waals surface area contributed by atoms with Crippen LogP contribution in [0.15, 0.2) is 48.5 Å². The monoisotopic (exact) mass is 323 g/mol. The van der Waals surface area contributed by atoms with Gasteiger partial charge in [-0.25, -0.2) is 4.79 Å². The van der Waals surface area contributed by atoms with E-state index in [1.807, 2.05) is 62.4 Å². The Balaban J connectivity index is 1.59. The van der Waals surface area contributed by atoms with Gasteiger partial charge in [-0.05, 0) is 43.7 Å². The van der Waals surface area contributed by atoms with Crippen molar-refractivity contribution in [2.45, 2.75) is 26.3 Å². The smallest absolute Gasteiger partial charge is 0.319 e. The molecule has 1 aliphatic rings. The third-order valence-electron chi connectivity index (χ3n) is 4.08. The lowest BCUT2D eigenvalue weighted by atomic mass is 10.2. The zero-order chi connectivity index (χ0) is 17.1. The van der Waals surface area contributed by atoms with Gasteiger partial charge in [0.25, 0.3) is 0 Å². The van der Waals surface area contributed by atoms with E-state index in [0.29, 0.717) is 13.0 Å². The summed E-state index contributed by atoms with van der Waals surface area (Å²) in [5.41, 5.74) is 3.84. The number of carbonyl (C=O) groups excluding carboxylic acids is 2. The van der Waals surface area contributed by atoms with Gasteiger partial charge in [0.15, 0.2) is 0 Å². The number of nitrogens with one attached hydrogen (secondary N) is 2. The van der Waals surface area contributed by atoms with Crippen molar-refractivity contribution in [1.82, 2.24) is 5.32 Å². The topological polar surface area (TPSA) is 61.4 Å². The summed E-state index contributed by atoms with van der Waals surface area (Å²) in [6.07, 6.45) is 0.315. The highest BCUT2D eigenvalue weighted by atomic mass is 16.2. The van der Waals surface area contributed by atoms with Gasteiger partial charge < -0.3 is 15.5 Å². The highest BCUT2D eigenvalue weighted by Gasteiger charge is 2.31. The molecule has 2 N–H and O–H groups in total. The predicted octanol–water partition coefficient (Wildman–Crippen LogP) is 3.23. The third kappa shape index (κ3) is 3.74. The summed E-state index contributed by atoms with van der Waals surface area (Å²) < 4.78 is 0. The average Bonchev–Trinajstić information content (AvgIpc) is 2.88. The number of hydrogen-bond acceptors (Lipinski definition) is 2. The molecule has 0 aliphatic carbocycles. The molecule has 5 heteroatoms. The van der Waals surface area contributed by atoms with Crippen molar-refractivity contribution in [3.05, 3.63) is 59.7 Å². The molecule has 2 aromatic carbocycles. The molecule has 0 saturated carbocycles. The molecule has 2 aromatic rings. The molecule has 3 rings (SSSR count). The first kappa shape index (κ1) is 16.1. The molecule has 1 saturated heterocycles. The first-order chi connectivity index (χ1) is 11.5. The van der Waals surface area contributed by atoms with E-state index in [-0.39, 0.29) is 18.0 Å². The molecule has 0 radical (unpaired) electrons. The Hall–Kier alpha value is -2.82. The standard InChI is InChI=1S/C19H21N3O2/c1-13-6-8-17(9-7-13)22-12-16(11-18(22)23)21-19(24)20-15-5-3-4-14(2)10-15/h3-10,16H,11-12H2,1-2H3,(H2,20,21,24)/t16-/m1/s1. The second kappa shape index (κ2) is 6.74. The zero-order valence-electron chi connectivity index (χ0n) is 13.9. The number of rotatable bonds is 3. The van der Waals surface area contributed by atoms with Gasteiger partial charge in [-0.15, -0.1) is 0 Å². The minimum atomic E-state index is -0.288. The Morgan fingerprint density at radius 2 is 1.83 bits per heavy atom. The largest absolute Gasteiger partial charge is 0.333 e. The van der Waals surface area contributed by atoms with Crippen LogP contribution in [-0.4, -0.2) is 24.5 Å². The second-order valence-electron chi connectivity index (χ2n) is 6.21. The Morgan fingerprint density at radius 1 is 1.08 bits per heavy atom. The van der Waals surface area contributed by atoms with E-state index in [2.05, 4.69) is 10.6 Å². The molecule has 1 atom stereocenters. The van der Waals surface area contributed by atoms with Crippen LogP contribution in [0.1, 0.15) is 17.5 Å². The van der Waals surface area contributed by atoms with Gasteiger partial charge in [0.05, 0.1) is 6.04 Å². The lowest BCUT2D eigenvalue weighted by molar-refractivity contribution is -0.117. The molecule has 1 aliphatic heterocycles. The van der Waals surface area contributed by atoms with Crippen LogP contribution < -0.4 is 15.5 Å². The van der Waals surface area contributed by atoms with Crippen molar-refractivity contribution in [3.63, 3.8) is 0 Å². The zero-order valence-corrected chi connectivity index (χ0v) is 13.9. The number of anilines is 2. The fourth-order valence-corrected chi connectivity index (χ4v) is 2.85. The first-order valence-electron chi connectivity index (χ1n) is 8.02. The average molecular weight is 323 g/mol. The third-order valence-corrected chi connectivity index (χ3v) is 4.08. The number of aryl methyl sites for hydroxylation is 2. The van der Waals surface area contributed by atoms with E-state index >= 15 is 0 Å². The molecule has 5 nitrogen and oxygen atoms in total. The quantitative estimate of drug-likeness (QED) is 0.911. The molecule has 3 amide bonds. The van der Waals surface area contributed by atoms with E-state index in [4.69, 9.17) is 0 Å². The summed E-state index contributed by atoms with van der Waals surface area (Å²) in [6.45, 7) is 4.47. The summed E-state index contributed by atoms with van der Waals surface area (Å²) in [5, 5.41) is 5.68. The van der Waals surface area contributed by atoms with Gasteiger partial charge in [-0.1, -0.05) is 29.8 Å². The van der Waals surface area contributed by atoms with Gasteiger partial charge in [0, 0.05) is 24.3 Å². The molecule has 0 unspecified atom stereocenters. The van der Waals surface area contributed by atoms with Crippen LogP contribution in [0.4, 0.5) is 16.2 Å². The van der Waals surface area contributed by atoms with E-state index in [0.717, 1.165) is 22.5 Å². The lowest BCUT2D eigenvalue weighted by Crippen LogP contribution is -2.39. The van der Waals surface area contributed by atoms with E-state index in [9.17, 15) is 9.59 Å². The Labute approximate surface area is 141 Å². The van der Waals surface area contributed by atoms with Crippen LogP contribution in [0.5, 0.6) is 0 Å². The van der Waals surface area contributed by atoms with Gasteiger partial charge in [0.2, 0.25) is 5.91 Å². The predicted molar refractivity (Wildman–Crippen MR) is 95.3 cm³/mol. The van der Waals surface area contributed by atoms with E-state index < -0.39 is 0 Å². The molecule has 124 valence electrons. The SMILES string of the molecule is Cc1ccc(N2C[C@H](NC(=O)Nc3cccc(C)c3)CC2=O)cc1. The summed E-state index contributed by atoms with van der Waals surface area (Å²) in [5.74, 6) is 0.0275. The summed E-state index contributed by atoms with van der Waals surface area (Å²) in [4.78, 5) is 26.1. The number of benzene rings is 2. The molecule has 0 bridgehead atoms. The number of urea groups is 1. The summed E-state index contributed by atoms with van der Waals surface area (Å²) >= 11 is 0. The van der Waals surface area contributed by atoms with Crippen molar-refractivity contribution in [2.75, 3.05) is 16.8 Å². The highest BCUT2D eigenvalue weighted by molar-refractivity contribution is 5.97. The first-order valence-corrected chi connectivity index (χ1v) is 8.02. The minimum Gasteiger partial charge on any atom is -0.333 e. The van der Waals surface area contributed by atoms with Crippen LogP contribution >= 0.6 is 0 Å². The maximum atomic E-state index is 12.2. The van der Waals surface area contributed by atoms with Crippen molar-refractivity contribution >= 4 is 23.3 Å².